The van der Waals surface area contributed by atoms with Crippen LogP contribution in [-0.4, -0.2) is 18.2 Å². The summed E-state index contributed by atoms with van der Waals surface area (Å²) in [6.07, 6.45) is 13.3. The number of halogens is 2. The van der Waals surface area contributed by atoms with E-state index in [1.54, 1.807) is 18.2 Å². The van der Waals surface area contributed by atoms with E-state index >= 15 is 0 Å². The third-order valence-corrected chi connectivity index (χ3v) is 5.05. The molecular formula is C20H28Cl2N2O2. The number of carbonyl (C=O) groups excluding carboxylic acids is 1. The lowest BCUT2D eigenvalue weighted by Gasteiger charge is -2.10. The van der Waals surface area contributed by atoms with Crippen LogP contribution in [0.5, 0.6) is 5.75 Å². The monoisotopic (exact) mass is 398 g/mol. The number of nitrogens with zero attached hydrogens (tertiary/aromatic N) is 1. The normalized spacial score (nSPS) is 16.9. The highest BCUT2D eigenvalue weighted by Gasteiger charge is 2.08. The Morgan fingerprint density at radius 1 is 0.962 bits per heavy atom. The van der Waals surface area contributed by atoms with Gasteiger partial charge >= 0.3 is 0 Å². The van der Waals surface area contributed by atoms with Gasteiger partial charge in [-0.25, -0.2) is 5.43 Å². The van der Waals surface area contributed by atoms with Crippen LogP contribution in [0, 0.1) is 0 Å². The molecule has 1 aliphatic carbocycles. The molecule has 2 rings (SSSR count). The maximum Gasteiger partial charge on any atom is 0.277 e. The maximum atomic E-state index is 12.0. The zero-order valence-corrected chi connectivity index (χ0v) is 16.7. The highest BCUT2D eigenvalue weighted by atomic mass is 35.5. The number of carbonyl (C=O) groups is 1. The minimum absolute atomic E-state index is 0.127. The van der Waals surface area contributed by atoms with Gasteiger partial charge in [0.2, 0.25) is 0 Å². The van der Waals surface area contributed by atoms with Gasteiger partial charge < -0.3 is 4.74 Å². The zero-order valence-electron chi connectivity index (χ0n) is 15.2. The summed E-state index contributed by atoms with van der Waals surface area (Å²) in [4.78, 5) is 12.0. The Hall–Kier alpha value is -1.26. The summed E-state index contributed by atoms with van der Waals surface area (Å²) in [6.45, 7) is -0.127. The minimum atomic E-state index is -0.283. The number of nitrogens with one attached hydrogen (secondary N) is 1. The Balaban J connectivity index is 1.79. The molecule has 1 aromatic carbocycles. The van der Waals surface area contributed by atoms with Gasteiger partial charge in [0.25, 0.3) is 5.91 Å². The van der Waals surface area contributed by atoms with Gasteiger partial charge in [0, 0.05) is 10.7 Å². The van der Waals surface area contributed by atoms with Crippen LogP contribution in [-0.2, 0) is 4.79 Å². The first kappa shape index (κ1) is 21.0. The quantitative estimate of drug-likeness (QED) is 0.618. The van der Waals surface area contributed by atoms with Crippen LogP contribution in [0.25, 0.3) is 0 Å². The fraction of sp³-hybridized carbons (Fsp3) is 0.600. The van der Waals surface area contributed by atoms with E-state index in [1.165, 1.54) is 44.9 Å². The third-order valence-electron chi connectivity index (χ3n) is 4.52. The molecule has 1 aliphatic rings. The molecule has 1 aromatic rings. The smallest absolute Gasteiger partial charge is 0.277 e. The SMILES string of the molecule is O=C(COc1ccc(Cl)cc1Cl)NN=C1CCCCCCCCCCC1. The molecule has 0 spiro atoms. The first-order valence-corrected chi connectivity index (χ1v) is 10.3. The fourth-order valence-electron chi connectivity index (χ4n) is 3.04. The summed E-state index contributed by atoms with van der Waals surface area (Å²) in [5.74, 6) is 0.152. The predicted molar refractivity (Wildman–Crippen MR) is 108 cm³/mol. The number of hydrazone groups is 1. The van der Waals surface area contributed by atoms with Gasteiger partial charge in [-0.1, -0.05) is 68.1 Å². The second kappa shape index (κ2) is 12.2. The van der Waals surface area contributed by atoms with Crippen LogP contribution < -0.4 is 10.2 Å². The van der Waals surface area contributed by atoms with E-state index in [0.29, 0.717) is 15.8 Å². The molecule has 4 nitrogen and oxygen atoms in total. The van der Waals surface area contributed by atoms with Crippen molar-refractivity contribution in [1.29, 1.82) is 0 Å². The lowest BCUT2D eigenvalue weighted by molar-refractivity contribution is -0.123. The molecular weight excluding hydrogens is 371 g/mol. The summed E-state index contributed by atoms with van der Waals surface area (Å²) in [5.41, 5.74) is 3.71. The van der Waals surface area contributed by atoms with Gasteiger partial charge in [-0.3, -0.25) is 4.79 Å². The number of benzene rings is 1. The predicted octanol–water partition coefficient (Wildman–Crippen LogP) is 6.15. The molecule has 0 aliphatic heterocycles. The molecule has 1 N–H and O–H groups in total. The van der Waals surface area contributed by atoms with Crippen LogP contribution >= 0.6 is 23.2 Å². The first-order chi connectivity index (χ1) is 12.6. The number of ether oxygens (including phenoxy) is 1. The van der Waals surface area contributed by atoms with E-state index in [4.69, 9.17) is 27.9 Å². The van der Waals surface area contributed by atoms with Crippen molar-refractivity contribution in [2.75, 3.05) is 6.61 Å². The second-order valence-corrected chi connectivity index (χ2v) is 7.60. The van der Waals surface area contributed by atoms with Crippen molar-refractivity contribution in [1.82, 2.24) is 5.43 Å². The minimum Gasteiger partial charge on any atom is -0.482 e. The molecule has 0 unspecified atom stereocenters. The van der Waals surface area contributed by atoms with E-state index in [2.05, 4.69) is 10.5 Å². The molecule has 26 heavy (non-hydrogen) atoms. The Morgan fingerprint density at radius 2 is 1.54 bits per heavy atom. The van der Waals surface area contributed by atoms with Gasteiger partial charge in [0.15, 0.2) is 6.61 Å². The van der Waals surface area contributed by atoms with Crippen molar-refractivity contribution in [2.24, 2.45) is 5.10 Å². The van der Waals surface area contributed by atoms with E-state index in [0.717, 1.165) is 31.4 Å². The molecule has 0 bridgehead atoms. The summed E-state index contributed by atoms with van der Waals surface area (Å²) >= 11 is 11.9. The van der Waals surface area contributed by atoms with Crippen LogP contribution in [0.3, 0.4) is 0 Å². The van der Waals surface area contributed by atoms with Crippen LogP contribution in [0.1, 0.15) is 70.6 Å². The highest BCUT2D eigenvalue weighted by molar-refractivity contribution is 6.35. The van der Waals surface area contributed by atoms with Gasteiger partial charge in [0.05, 0.1) is 5.02 Å². The van der Waals surface area contributed by atoms with Gasteiger partial charge in [-0.2, -0.15) is 5.10 Å². The maximum absolute atomic E-state index is 12.0. The largest absolute Gasteiger partial charge is 0.482 e. The summed E-state index contributed by atoms with van der Waals surface area (Å²) in [6, 6.07) is 4.91. The van der Waals surface area contributed by atoms with Crippen molar-refractivity contribution < 1.29 is 9.53 Å². The summed E-state index contributed by atoms with van der Waals surface area (Å²) in [5, 5.41) is 5.26. The van der Waals surface area contributed by atoms with Crippen LogP contribution in [0.15, 0.2) is 23.3 Å². The van der Waals surface area contributed by atoms with Crippen molar-refractivity contribution in [3.8, 4) is 5.75 Å². The molecule has 0 atom stereocenters. The number of hydrogen-bond donors (Lipinski definition) is 1. The molecule has 1 fully saturated rings. The lowest BCUT2D eigenvalue weighted by Crippen LogP contribution is -2.26. The third kappa shape index (κ3) is 8.41. The van der Waals surface area contributed by atoms with Crippen LogP contribution in [0.2, 0.25) is 10.0 Å². The molecule has 1 amide bonds. The molecule has 6 heteroatoms. The zero-order chi connectivity index (χ0) is 18.6. The molecule has 0 radical (unpaired) electrons. The summed E-state index contributed by atoms with van der Waals surface area (Å²) < 4.78 is 5.43. The van der Waals surface area contributed by atoms with E-state index in [9.17, 15) is 4.79 Å². The van der Waals surface area contributed by atoms with Gasteiger partial charge in [-0.05, 0) is 43.9 Å². The molecule has 0 saturated heterocycles. The van der Waals surface area contributed by atoms with E-state index in [1.807, 2.05) is 0 Å². The van der Waals surface area contributed by atoms with E-state index in [-0.39, 0.29) is 12.5 Å². The van der Waals surface area contributed by atoms with Crippen molar-refractivity contribution in [3.63, 3.8) is 0 Å². The fourth-order valence-corrected chi connectivity index (χ4v) is 3.50. The average molecular weight is 399 g/mol. The number of hydrogen-bond acceptors (Lipinski definition) is 3. The Kier molecular flexibility index (Phi) is 9.86. The molecule has 144 valence electrons. The Morgan fingerprint density at radius 3 is 2.12 bits per heavy atom. The number of rotatable bonds is 4. The van der Waals surface area contributed by atoms with E-state index < -0.39 is 0 Å². The highest BCUT2D eigenvalue weighted by Crippen LogP contribution is 2.27. The number of amides is 1. The van der Waals surface area contributed by atoms with Gasteiger partial charge in [0.1, 0.15) is 5.75 Å². The average Bonchev–Trinajstić information content (AvgIpc) is 2.60. The van der Waals surface area contributed by atoms with Crippen molar-refractivity contribution in [2.45, 2.75) is 70.6 Å². The van der Waals surface area contributed by atoms with Crippen molar-refractivity contribution in [3.05, 3.63) is 28.2 Å². The Bertz CT molecular complexity index is 591. The van der Waals surface area contributed by atoms with Gasteiger partial charge in [-0.15, -0.1) is 0 Å². The lowest BCUT2D eigenvalue weighted by atomic mass is 10.00. The Labute approximate surface area is 166 Å². The second-order valence-electron chi connectivity index (χ2n) is 6.76. The summed E-state index contributed by atoms with van der Waals surface area (Å²) in [7, 11) is 0. The topological polar surface area (TPSA) is 50.7 Å². The standard InChI is InChI=1S/C20H28Cl2N2O2/c21-16-12-13-19(18(22)14-16)26-15-20(25)24-23-17-10-8-6-4-2-1-3-5-7-9-11-17/h12-14H,1-11,15H2,(H,24,25). The molecule has 1 saturated carbocycles. The van der Waals surface area contributed by atoms with Crippen LogP contribution in [0.4, 0.5) is 0 Å². The molecule has 0 heterocycles. The van der Waals surface area contributed by atoms with Crippen molar-refractivity contribution >= 4 is 34.8 Å². The molecule has 0 aromatic heterocycles. The first-order valence-electron chi connectivity index (χ1n) is 9.57.